The molecule has 21 heavy (non-hydrogen) atoms. The van der Waals surface area contributed by atoms with E-state index in [0.29, 0.717) is 16.2 Å². The van der Waals surface area contributed by atoms with Crippen LogP contribution in [0.4, 0.5) is 13.2 Å². The number of nitrogens with zero attached hydrogens (tertiary/aromatic N) is 1. The number of benzene rings is 1. The number of thiazole rings is 1. The Morgan fingerprint density at radius 1 is 1.29 bits per heavy atom. The van der Waals surface area contributed by atoms with Crippen molar-refractivity contribution in [1.29, 1.82) is 0 Å². The second kappa shape index (κ2) is 5.16. The summed E-state index contributed by atoms with van der Waals surface area (Å²) in [5, 5.41) is 3.82. The van der Waals surface area contributed by atoms with Crippen LogP contribution in [0.5, 0.6) is 0 Å². The Labute approximate surface area is 122 Å². The largest absolute Gasteiger partial charge is 0.464 e. The van der Waals surface area contributed by atoms with Gasteiger partial charge in [0.25, 0.3) is 0 Å². The summed E-state index contributed by atoms with van der Waals surface area (Å²) in [5.74, 6) is 0. The highest BCUT2D eigenvalue weighted by atomic mass is 32.1. The predicted molar refractivity (Wildman–Crippen MR) is 75.1 cm³/mol. The van der Waals surface area contributed by atoms with Gasteiger partial charge in [-0.15, -0.1) is 11.3 Å². The fourth-order valence-electron chi connectivity index (χ4n) is 2.11. The number of rotatable bonds is 3. The van der Waals surface area contributed by atoms with Gasteiger partial charge in [-0.2, -0.15) is 13.2 Å². The molecule has 3 nitrogen and oxygen atoms in total. The summed E-state index contributed by atoms with van der Waals surface area (Å²) in [6.07, 6.45) is -3.01. The summed E-state index contributed by atoms with van der Waals surface area (Å²) >= 11 is 1.03. The molecule has 0 aliphatic rings. The van der Waals surface area contributed by atoms with E-state index in [-0.39, 0.29) is 11.4 Å². The van der Waals surface area contributed by atoms with Crippen LogP contribution >= 0.6 is 11.3 Å². The third-order valence-corrected chi connectivity index (χ3v) is 4.10. The molecule has 110 valence electrons. The van der Waals surface area contributed by atoms with Crippen molar-refractivity contribution in [2.24, 2.45) is 0 Å². The fourth-order valence-corrected chi connectivity index (χ4v) is 3.23. The average molecular weight is 312 g/mol. The minimum Gasteiger partial charge on any atom is -0.464 e. The molecule has 0 saturated carbocycles. The van der Waals surface area contributed by atoms with Crippen LogP contribution in [-0.2, 0) is 12.7 Å². The summed E-state index contributed by atoms with van der Waals surface area (Å²) in [6.45, 7) is 0.127. The first-order chi connectivity index (χ1) is 10.0. The highest BCUT2D eigenvalue weighted by Crippen LogP contribution is 2.40. The smallest absolute Gasteiger partial charge is 0.434 e. The Balaban J connectivity index is 2.15. The first-order valence-electron chi connectivity index (χ1n) is 6.19. The monoisotopic (exact) mass is 312 g/mol. The molecule has 1 N–H and O–H groups in total. The third kappa shape index (κ3) is 2.54. The Hall–Kier alpha value is -1.86. The van der Waals surface area contributed by atoms with Gasteiger partial charge in [-0.05, 0) is 13.1 Å². The highest BCUT2D eigenvalue weighted by molar-refractivity contribution is 7.15. The second-order valence-electron chi connectivity index (χ2n) is 4.46. The standard InChI is InChI=1S/C14H11F3N2OS/c1-18-6-11-12(14(15,16)17)19-13(21-11)9-7-20-10-5-3-2-4-8(9)10/h2-5,7,18H,6H2,1H3. The lowest BCUT2D eigenvalue weighted by Gasteiger charge is -2.04. The molecule has 7 heteroatoms. The molecule has 0 fully saturated rings. The number of nitrogens with one attached hydrogen (secondary N) is 1. The van der Waals surface area contributed by atoms with Crippen LogP contribution in [0, 0.1) is 0 Å². The second-order valence-corrected chi connectivity index (χ2v) is 5.55. The molecule has 3 aromatic rings. The molecular formula is C14H11F3N2OS. The quantitative estimate of drug-likeness (QED) is 0.784. The van der Waals surface area contributed by atoms with E-state index >= 15 is 0 Å². The average Bonchev–Trinajstić information content (AvgIpc) is 3.02. The van der Waals surface area contributed by atoms with Crippen molar-refractivity contribution in [3.63, 3.8) is 0 Å². The van der Waals surface area contributed by atoms with Crippen LogP contribution in [-0.4, -0.2) is 12.0 Å². The Kier molecular flexibility index (Phi) is 3.46. The molecule has 2 heterocycles. The van der Waals surface area contributed by atoms with E-state index in [1.165, 1.54) is 6.26 Å². The van der Waals surface area contributed by atoms with Gasteiger partial charge in [0.2, 0.25) is 0 Å². The van der Waals surface area contributed by atoms with Gasteiger partial charge in [0.15, 0.2) is 5.69 Å². The van der Waals surface area contributed by atoms with Crippen LogP contribution in [0.3, 0.4) is 0 Å². The maximum absolute atomic E-state index is 13.0. The molecule has 0 unspecified atom stereocenters. The molecule has 0 amide bonds. The molecule has 1 aromatic carbocycles. The van der Waals surface area contributed by atoms with Crippen molar-refractivity contribution >= 4 is 22.3 Å². The van der Waals surface area contributed by atoms with Gasteiger partial charge in [-0.3, -0.25) is 0 Å². The molecule has 0 saturated heterocycles. The maximum atomic E-state index is 13.0. The van der Waals surface area contributed by atoms with E-state index in [9.17, 15) is 13.2 Å². The van der Waals surface area contributed by atoms with Gasteiger partial charge in [0.05, 0.1) is 10.4 Å². The number of halogens is 3. The summed E-state index contributed by atoms with van der Waals surface area (Å²) in [4.78, 5) is 3.96. The summed E-state index contributed by atoms with van der Waals surface area (Å²) < 4.78 is 44.5. The number of para-hydroxylation sites is 1. The lowest BCUT2D eigenvalue weighted by molar-refractivity contribution is -0.141. The molecule has 0 aliphatic carbocycles. The van der Waals surface area contributed by atoms with E-state index in [2.05, 4.69) is 10.3 Å². The van der Waals surface area contributed by atoms with Crippen LogP contribution in [0.2, 0.25) is 0 Å². The Morgan fingerprint density at radius 2 is 2.05 bits per heavy atom. The topological polar surface area (TPSA) is 38.1 Å². The van der Waals surface area contributed by atoms with Gasteiger partial charge in [-0.25, -0.2) is 4.98 Å². The Bertz CT molecular complexity index is 776. The SMILES string of the molecule is CNCc1sc(-c2coc3ccccc23)nc1C(F)(F)F. The lowest BCUT2D eigenvalue weighted by Crippen LogP contribution is -2.12. The minimum absolute atomic E-state index is 0.127. The number of hydrogen-bond acceptors (Lipinski definition) is 4. The van der Waals surface area contributed by atoms with Crippen molar-refractivity contribution in [2.45, 2.75) is 12.7 Å². The first kappa shape index (κ1) is 14.1. The zero-order chi connectivity index (χ0) is 15.0. The van der Waals surface area contributed by atoms with E-state index in [4.69, 9.17) is 4.42 Å². The van der Waals surface area contributed by atoms with Crippen LogP contribution < -0.4 is 5.32 Å². The van der Waals surface area contributed by atoms with E-state index in [1.807, 2.05) is 12.1 Å². The first-order valence-corrected chi connectivity index (χ1v) is 7.00. The lowest BCUT2D eigenvalue weighted by atomic mass is 10.2. The van der Waals surface area contributed by atoms with Gasteiger partial charge in [0, 0.05) is 11.9 Å². The van der Waals surface area contributed by atoms with Gasteiger partial charge < -0.3 is 9.73 Å². The third-order valence-electron chi connectivity index (χ3n) is 3.01. The fraction of sp³-hybridized carbons (Fsp3) is 0.214. The minimum atomic E-state index is -4.46. The summed E-state index contributed by atoms with van der Waals surface area (Å²) in [7, 11) is 1.60. The normalized spacial score (nSPS) is 12.2. The highest BCUT2D eigenvalue weighted by Gasteiger charge is 2.37. The number of hydrogen-bond donors (Lipinski definition) is 1. The molecular weight excluding hydrogens is 301 g/mol. The number of furan rings is 1. The molecule has 2 aromatic heterocycles. The molecule has 3 rings (SSSR count). The van der Waals surface area contributed by atoms with Crippen molar-refractivity contribution in [1.82, 2.24) is 10.3 Å². The van der Waals surface area contributed by atoms with Gasteiger partial charge in [0.1, 0.15) is 16.9 Å². The van der Waals surface area contributed by atoms with Crippen LogP contribution in [0.25, 0.3) is 21.5 Å². The zero-order valence-corrected chi connectivity index (χ0v) is 11.8. The van der Waals surface area contributed by atoms with E-state index < -0.39 is 11.9 Å². The van der Waals surface area contributed by atoms with E-state index in [0.717, 1.165) is 16.7 Å². The number of fused-ring (bicyclic) bond motifs is 1. The predicted octanol–water partition coefficient (Wildman–Crippen LogP) is 4.29. The molecule has 0 spiro atoms. The molecule has 0 bridgehead atoms. The summed E-state index contributed by atoms with van der Waals surface area (Å²) in [6, 6.07) is 7.20. The van der Waals surface area contributed by atoms with Crippen molar-refractivity contribution in [3.05, 3.63) is 41.1 Å². The Morgan fingerprint density at radius 3 is 2.76 bits per heavy atom. The van der Waals surface area contributed by atoms with Gasteiger partial charge >= 0.3 is 6.18 Å². The van der Waals surface area contributed by atoms with Crippen molar-refractivity contribution in [3.8, 4) is 10.6 Å². The maximum Gasteiger partial charge on any atom is 0.434 e. The van der Waals surface area contributed by atoms with Gasteiger partial charge in [-0.1, -0.05) is 18.2 Å². The van der Waals surface area contributed by atoms with E-state index in [1.54, 1.807) is 19.2 Å². The van der Waals surface area contributed by atoms with Crippen LogP contribution in [0.15, 0.2) is 34.9 Å². The summed E-state index contributed by atoms with van der Waals surface area (Å²) in [5.41, 5.74) is 0.386. The molecule has 0 atom stereocenters. The van der Waals surface area contributed by atoms with Crippen molar-refractivity contribution in [2.75, 3.05) is 7.05 Å². The van der Waals surface area contributed by atoms with Crippen molar-refractivity contribution < 1.29 is 17.6 Å². The number of alkyl halides is 3. The molecule has 0 aliphatic heterocycles. The number of aromatic nitrogens is 1. The molecule has 0 radical (unpaired) electrons. The zero-order valence-electron chi connectivity index (χ0n) is 11.0. The van der Waals surface area contributed by atoms with Crippen LogP contribution in [0.1, 0.15) is 10.6 Å².